The summed E-state index contributed by atoms with van der Waals surface area (Å²) < 4.78 is 35.5. The number of ether oxygens (including phenoxy) is 2. The molecule has 8 nitrogen and oxygen atoms in total. The minimum atomic E-state index is -3.30. The minimum Gasteiger partial charge on any atom is -0.493 e. The molecule has 0 heterocycles. The van der Waals surface area contributed by atoms with Gasteiger partial charge in [-0.25, -0.2) is 18.1 Å². The number of guanidine groups is 1. The molecular formula is C15H27IN4O4S. The molecule has 10 heteroatoms. The molecule has 1 rings (SSSR count). The van der Waals surface area contributed by atoms with Crippen molar-refractivity contribution in [2.75, 3.05) is 27.0 Å². The van der Waals surface area contributed by atoms with Crippen LogP contribution in [0, 0.1) is 0 Å². The van der Waals surface area contributed by atoms with Crippen LogP contribution in [0.5, 0.6) is 11.5 Å². The molecule has 144 valence electrons. The van der Waals surface area contributed by atoms with E-state index in [-0.39, 0.29) is 29.9 Å². The van der Waals surface area contributed by atoms with E-state index < -0.39 is 15.6 Å². The standard InChI is InChI=1S/C15H26N4O4S.HI/c1-15(2,19-24(5,20)21)10-18-14(16)17-9-11-6-7-12(22-3)13(8-11)23-4;/h6-8,19H,9-10H2,1-5H3,(H3,16,17,18);1H. The number of aliphatic imine (C=N–C) groups is 1. The Morgan fingerprint density at radius 3 is 2.36 bits per heavy atom. The fourth-order valence-corrected chi connectivity index (χ4v) is 3.14. The lowest BCUT2D eigenvalue weighted by Crippen LogP contribution is -2.52. The maximum atomic E-state index is 11.3. The van der Waals surface area contributed by atoms with Gasteiger partial charge in [-0.2, -0.15) is 0 Å². The lowest BCUT2D eigenvalue weighted by atomic mass is 10.1. The molecule has 0 spiro atoms. The van der Waals surface area contributed by atoms with E-state index in [1.807, 2.05) is 12.1 Å². The molecule has 0 saturated heterocycles. The Labute approximate surface area is 166 Å². The van der Waals surface area contributed by atoms with Crippen LogP contribution in [0.4, 0.5) is 0 Å². The molecule has 0 aliphatic rings. The van der Waals surface area contributed by atoms with Crippen LogP contribution in [-0.2, 0) is 16.6 Å². The molecule has 0 amide bonds. The molecule has 0 fully saturated rings. The summed E-state index contributed by atoms with van der Waals surface area (Å²) in [7, 11) is -0.155. The average molecular weight is 486 g/mol. The van der Waals surface area contributed by atoms with Crippen molar-refractivity contribution in [3.05, 3.63) is 23.8 Å². The second-order valence-corrected chi connectivity index (χ2v) is 7.75. The summed E-state index contributed by atoms with van der Waals surface area (Å²) in [5.74, 6) is 1.49. The zero-order chi connectivity index (χ0) is 18.4. The Hall–Kier alpha value is -1.27. The van der Waals surface area contributed by atoms with Gasteiger partial charge in [0.2, 0.25) is 10.0 Å². The third-order valence-corrected chi connectivity index (χ3v) is 3.98. The molecule has 0 atom stereocenters. The van der Waals surface area contributed by atoms with Gasteiger partial charge in [-0.1, -0.05) is 6.07 Å². The predicted molar refractivity (Wildman–Crippen MR) is 110 cm³/mol. The topological polar surface area (TPSA) is 115 Å². The first-order valence-corrected chi connectivity index (χ1v) is 9.19. The summed E-state index contributed by atoms with van der Waals surface area (Å²) in [6.07, 6.45) is 1.11. The number of nitrogens with two attached hydrogens (primary N) is 1. The molecule has 25 heavy (non-hydrogen) atoms. The van der Waals surface area contributed by atoms with Crippen LogP contribution in [0.15, 0.2) is 23.2 Å². The molecule has 0 saturated carbocycles. The number of benzene rings is 1. The van der Waals surface area contributed by atoms with Crippen LogP contribution in [0.25, 0.3) is 0 Å². The minimum absolute atomic E-state index is 0. The quantitative estimate of drug-likeness (QED) is 0.288. The molecule has 0 aliphatic carbocycles. The smallest absolute Gasteiger partial charge is 0.209 e. The highest BCUT2D eigenvalue weighted by Crippen LogP contribution is 2.27. The number of hydrogen-bond donors (Lipinski definition) is 3. The van der Waals surface area contributed by atoms with Crippen molar-refractivity contribution in [2.24, 2.45) is 10.7 Å². The largest absolute Gasteiger partial charge is 0.493 e. The zero-order valence-corrected chi connectivity index (χ0v) is 18.3. The molecule has 1 aromatic rings. The number of sulfonamides is 1. The van der Waals surface area contributed by atoms with Gasteiger partial charge in [0.05, 0.1) is 27.0 Å². The fraction of sp³-hybridized carbons (Fsp3) is 0.533. The highest BCUT2D eigenvalue weighted by molar-refractivity contribution is 14.0. The second-order valence-electron chi connectivity index (χ2n) is 6.00. The van der Waals surface area contributed by atoms with Crippen molar-refractivity contribution >= 4 is 40.0 Å². The van der Waals surface area contributed by atoms with Crippen molar-refractivity contribution in [2.45, 2.75) is 25.9 Å². The van der Waals surface area contributed by atoms with E-state index in [0.717, 1.165) is 11.8 Å². The van der Waals surface area contributed by atoms with E-state index >= 15 is 0 Å². The van der Waals surface area contributed by atoms with Crippen molar-refractivity contribution in [3.63, 3.8) is 0 Å². The van der Waals surface area contributed by atoms with Gasteiger partial charge >= 0.3 is 0 Å². The van der Waals surface area contributed by atoms with Gasteiger partial charge in [-0.3, -0.25) is 0 Å². The third kappa shape index (κ3) is 9.12. The highest BCUT2D eigenvalue weighted by atomic mass is 127. The van der Waals surface area contributed by atoms with E-state index in [9.17, 15) is 8.42 Å². The molecule has 0 radical (unpaired) electrons. The Balaban J connectivity index is 0.00000576. The molecule has 0 aromatic heterocycles. The first kappa shape index (κ1) is 23.7. The summed E-state index contributed by atoms with van der Waals surface area (Å²) in [5.41, 5.74) is 6.05. The van der Waals surface area contributed by atoms with Gasteiger partial charge < -0.3 is 20.5 Å². The Morgan fingerprint density at radius 2 is 1.84 bits per heavy atom. The van der Waals surface area contributed by atoms with E-state index in [2.05, 4.69) is 15.0 Å². The third-order valence-electron chi connectivity index (χ3n) is 3.05. The Bertz CT molecular complexity index is 693. The van der Waals surface area contributed by atoms with Gasteiger partial charge in [0.25, 0.3) is 0 Å². The van der Waals surface area contributed by atoms with E-state index in [1.54, 1.807) is 34.1 Å². The summed E-state index contributed by atoms with van der Waals surface area (Å²) in [4.78, 5) is 4.23. The van der Waals surface area contributed by atoms with Gasteiger partial charge in [0.1, 0.15) is 0 Å². The second kappa shape index (κ2) is 10.0. The molecule has 0 aliphatic heterocycles. The van der Waals surface area contributed by atoms with Crippen molar-refractivity contribution < 1.29 is 17.9 Å². The van der Waals surface area contributed by atoms with E-state index in [4.69, 9.17) is 15.2 Å². The molecule has 0 bridgehead atoms. The Kier molecular flexibility index (Phi) is 9.51. The summed E-state index contributed by atoms with van der Waals surface area (Å²) in [6.45, 7) is 4.17. The lowest BCUT2D eigenvalue weighted by molar-refractivity contribution is 0.354. The number of nitrogens with zero attached hydrogens (tertiary/aromatic N) is 1. The van der Waals surface area contributed by atoms with E-state index in [1.165, 1.54) is 0 Å². The molecular weight excluding hydrogens is 459 g/mol. The number of hydrogen-bond acceptors (Lipinski definition) is 5. The SMILES string of the molecule is COc1ccc(CN=C(N)NCC(C)(C)NS(C)(=O)=O)cc1OC.I. The van der Waals surface area contributed by atoms with Crippen LogP contribution in [0.2, 0.25) is 0 Å². The normalized spacial score (nSPS) is 12.3. The first-order valence-electron chi connectivity index (χ1n) is 7.30. The molecule has 1 aromatic carbocycles. The number of rotatable bonds is 8. The lowest BCUT2D eigenvalue weighted by Gasteiger charge is -2.25. The van der Waals surface area contributed by atoms with Gasteiger partial charge in [-0.15, -0.1) is 24.0 Å². The van der Waals surface area contributed by atoms with Gasteiger partial charge in [0.15, 0.2) is 17.5 Å². The van der Waals surface area contributed by atoms with E-state index in [0.29, 0.717) is 24.6 Å². The monoisotopic (exact) mass is 486 g/mol. The average Bonchev–Trinajstić information content (AvgIpc) is 2.48. The zero-order valence-electron chi connectivity index (χ0n) is 15.1. The van der Waals surface area contributed by atoms with Gasteiger partial charge in [-0.05, 0) is 31.5 Å². The van der Waals surface area contributed by atoms with Crippen LogP contribution in [-0.4, -0.2) is 46.9 Å². The molecule has 4 N–H and O–H groups in total. The van der Waals surface area contributed by atoms with Gasteiger partial charge in [0, 0.05) is 12.1 Å². The first-order chi connectivity index (χ1) is 11.1. The van der Waals surface area contributed by atoms with Crippen molar-refractivity contribution in [1.29, 1.82) is 0 Å². The summed E-state index contributed by atoms with van der Waals surface area (Å²) in [6, 6.07) is 5.49. The predicted octanol–water partition coefficient (Wildman–Crippen LogP) is 1.05. The highest BCUT2D eigenvalue weighted by Gasteiger charge is 2.21. The number of nitrogens with one attached hydrogen (secondary N) is 2. The summed E-state index contributed by atoms with van der Waals surface area (Å²) in [5, 5.41) is 2.91. The van der Waals surface area contributed by atoms with Crippen molar-refractivity contribution in [1.82, 2.24) is 10.0 Å². The van der Waals surface area contributed by atoms with Crippen LogP contribution >= 0.6 is 24.0 Å². The van der Waals surface area contributed by atoms with Crippen molar-refractivity contribution in [3.8, 4) is 11.5 Å². The number of halogens is 1. The summed E-state index contributed by atoms with van der Waals surface area (Å²) >= 11 is 0. The van der Waals surface area contributed by atoms with Crippen LogP contribution in [0.1, 0.15) is 19.4 Å². The molecule has 0 unspecified atom stereocenters. The van der Waals surface area contributed by atoms with Crippen LogP contribution < -0.4 is 25.2 Å². The Morgan fingerprint density at radius 1 is 1.24 bits per heavy atom. The number of methoxy groups -OCH3 is 2. The maximum absolute atomic E-state index is 11.3. The van der Waals surface area contributed by atoms with Crippen LogP contribution in [0.3, 0.4) is 0 Å². The maximum Gasteiger partial charge on any atom is 0.209 e. The fourth-order valence-electron chi connectivity index (χ4n) is 2.06.